The molecule has 0 amide bonds. The zero-order valence-corrected chi connectivity index (χ0v) is 26.8. The molecule has 7 aromatic carbocycles. The molecule has 0 fully saturated rings. The summed E-state index contributed by atoms with van der Waals surface area (Å²) >= 11 is 1.86. The van der Waals surface area contributed by atoms with Gasteiger partial charge in [-0.15, -0.1) is 11.3 Å². The Morgan fingerprint density at radius 2 is 1.06 bits per heavy atom. The van der Waals surface area contributed by atoms with Crippen molar-refractivity contribution >= 4 is 85.8 Å². The van der Waals surface area contributed by atoms with Gasteiger partial charge in [0.25, 0.3) is 0 Å². The lowest BCUT2D eigenvalue weighted by molar-refractivity contribution is 0.662. The molecular formula is C44H28N2S. The van der Waals surface area contributed by atoms with Crippen LogP contribution in [0.2, 0.25) is 0 Å². The molecule has 0 bridgehead atoms. The molecule has 10 aromatic rings. The third-order valence-electron chi connectivity index (χ3n) is 10.8. The third-order valence-corrected chi connectivity index (χ3v) is 12.0. The quantitative estimate of drug-likeness (QED) is 0.168. The van der Waals surface area contributed by atoms with Crippen LogP contribution in [0.15, 0.2) is 134 Å². The van der Waals surface area contributed by atoms with E-state index in [1.807, 2.05) is 17.5 Å². The first-order valence-corrected chi connectivity index (χ1v) is 17.1. The van der Waals surface area contributed by atoms with Crippen molar-refractivity contribution in [1.82, 2.24) is 9.55 Å². The molecular weight excluding hydrogens is 589 g/mol. The van der Waals surface area contributed by atoms with E-state index >= 15 is 0 Å². The van der Waals surface area contributed by atoms with E-state index in [1.165, 1.54) is 91.0 Å². The molecule has 0 saturated carbocycles. The number of nitrogens with zero attached hydrogens (tertiary/aromatic N) is 2. The average molecular weight is 617 g/mol. The minimum Gasteiger partial charge on any atom is -0.294 e. The van der Waals surface area contributed by atoms with E-state index < -0.39 is 0 Å². The van der Waals surface area contributed by atoms with Gasteiger partial charge in [-0.1, -0.05) is 80.6 Å². The number of fused-ring (bicyclic) bond motifs is 15. The second kappa shape index (κ2) is 8.85. The number of thiophene rings is 1. The van der Waals surface area contributed by atoms with Crippen LogP contribution in [-0.2, 0) is 5.41 Å². The van der Waals surface area contributed by atoms with Gasteiger partial charge in [-0.25, -0.2) is 4.98 Å². The van der Waals surface area contributed by atoms with Crippen molar-refractivity contribution in [3.63, 3.8) is 0 Å². The molecule has 3 heteroatoms. The monoisotopic (exact) mass is 616 g/mol. The average Bonchev–Trinajstić information content (AvgIpc) is 3.72. The van der Waals surface area contributed by atoms with Crippen LogP contribution in [0.25, 0.3) is 91.2 Å². The summed E-state index contributed by atoms with van der Waals surface area (Å²) in [5.74, 6) is 0. The highest BCUT2D eigenvalue weighted by atomic mass is 32.1. The van der Waals surface area contributed by atoms with Crippen molar-refractivity contribution < 1.29 is 0 Å². The van der Waals surface area contributed by atoms with Gasteiger partial charge in [0.1, 0.15) is 5.65 Å². The van der Waals surface area contributed by atoms with Crippen LogP contribution in [0.3, 0.4) is 0 Å². The standard InChI is InChI=1S/C44H28N2S/c1-44(2)38-22-33-29-13-6-4-11-27(29)26-10-3-5-12-28(26)32(33)21-34(38)35-24-40-36(23-39(35)44)31-15-9-19-45-43(31)46(40)25-17-18-42-37(20-25)30-14-7-8-16-41(30)47-42/h3-24H,1-2H3. The van der Waals surface area contributed by atoms with Crippen molar-refractivity contribution in [2.75, 3.05) is 0 Å². The maximum absolute atomic E-state index is 4.98. The molecule has 47 heavy (non-hydrogen) atoms. The first-order chi connectivity index (χ1) is 23.1. The largest absolute Gasteiger partial charge is 0.294 e. The van der Waals surface area contributed by atoms with E-state index in [4.69, 9.17) is 4.98 Å². The Bertz CT molecular complexity index is 2990. The highest BCUT2D eigenvalue weighted by Crippen LogP contribution is 2.53. The van der Waals surface area contributed by atoms with Crippen molar-refractivity contribution in [3.8, 4) is 16.8 Å². The molecule has 2 nitrogen and oxygen atoms in total. The van der Waals surface area contributed by atoms with E-state index in [9.17, 15) is 0 Å². The zero-order valence-electron chi connectivity index (χ0n) is 26.0. The number of rotatable bonds is 1. The van der Waals surface area contributed by atoms with Gasteiger partial charge in [-0.05, 0) is 115 Å². The molecule has 3 heterocycles. The Hall–Kier alpha value is -5.51. The SMILES string of the molecule is CC1(C)c2cc3c4ccccc4c4ccccc4c3cc2-c2cc3c(cc21)c1cccnc1n3-c1ccc2sc3ccccc3c2c1. The van der Waals surface area contributed by atoms with E-state index in [-0.39, 0.29) is 5.41 Å². The molecule has 0 saturated heterocycles. The van der Waals surface area contributed by atoms with Gasteiger partial charge >= 0.3 is 0 Å². The van der Waals surface area contributed by atoms with E-state index in [1.54, 1.807) is 0 Å². The molecule has 1 aliphatic carbocycles. The Kier molecular flexibility index (Phi) is 4.83. The number of hydrogen-bond donors (Lipinski definition) is 0. The molecule has 0 aliphatic heterocycles. The summed E-state index contributed by atoms with van der Waals surface area (Å²) in [6, 6.07) is 47.6. The number of pyridine rings is 1. The Morgan fingerprint density at radius 1 is 0.489 bits per heavy atom. The molecule has 1 aliphatic rings. The van der Waals surface area contributed by atoms with Gasteiger partial charge in [0.15, 0.2) is 0 Å². The summed E-state index contributed by atoms with van der Waals surface area (Å²) in [4.78, 5) is 4.98. The van der Waals surface area contributed by atoms with Crippen molar-refractivity contribution in [1.29, 1.82) is 0 Å². The topological polar surface area (TPSA) is 17.8 Å². The fourth-order valence-electron chi connectivity index (χ4n) is 8.58. The molecule has 3 aromatic heterocycles. The van der Waals surface area contributed by atoms with Gasteiger partial charge in [-0.2, -0.15) is 0 Å². The zero-order chi connectivity index (χ0) is 31.0. The van der Waals surface area contributed by atoms with Gasteiger partial charge in [0, 0.05) is 48.2 Å². The summed E-state index contributed by atoms with van der Waals surface area (Å²) in [7, 11) is 0. The number of aromatic nitrogens is 2. The van der Waals surface area contributed by atoms with E-state index in [0.717, 1.165) is 11.3 Å². The molecule has 0 N–H and O–H groups in total. The number of hydrogen-bond acceptors (Lipinski definition) is 2. The molecule has 220 valence electrons. The second-order valence-electron chi connectivity index (χ2n) is 13.6. The van der Waals surface area contributed by atoms with Crippen LogP contribution >= 0.6 is 11.3 Å². The predicted octanol–water partition coefficient (Wildman–Crippen LogP) is 12.3. The lowest BCUT2D eigenvalue weighted by atomic mass is 9.81. The predicted molar refractivity (Wildman–Crippen MR) is 202 cm³/mol. The summed E-state index contributed by atoms with van der Waals surface area (Å²) in [5.41, 5.74) is 8.63. The van der Waals surface area contributed by atoms with Gasteiger partial charge in [-0.3, -0.25) is 4.57 Å². The van der Waals surface area contributed by atoms with Crippen molar-refractivity contribution in [2.45, 2.75) is 19.3 Å². The Morgan fingerprint density at radius 3 is 1.81 bits per heavy atom. The summed E-state index contributed by atoms with van der Waals surface area (Å²) in [6.07, 6.45) is 1.92. The third kappa shape index (κ3) is 3.27. The summed E-state index contributed by atoms with van der Waals surface area (Å²) in [5, 5.41) is 13.0. The lowest BCUT2D eigenvalue weighted by Gasteiger charge is -2.22. The van der Waals surface area contributed by atoms with Gasteiger partial charge in [0.2, 0.25) is 0 Å². The van der Waals surface area contributed by atoms with E-state index in [0.29, 0.717) is 0 Å². The molecule has 0 spiro atoms. The summed E-state index contributed by atoms with van der Waals surface area (Å²) < 4.78 is 5.02. The molecule has 0 unspecified atom stereocenters. The van der Waals surface area contributed by atoms with Crippen LogP contribution < -0.4 is 0 Å². The van der Waals surface area contributed by atoms with Crippen LogP contribution in [0.1, 0.15) is 25.0 Å². The number of benzene rings is 7. The van der Waals surface area contributed by atoms with Gasteiger partial charge < -0.3 is 0 Å². The van der Waals surface area contributed by atoms with Crippen LogP contribution in [-0.4, -0.2) is 9.55 Å². The fraction of sp³-hybridized carbons (Fsp3) is 0.0682. The molecule has 11 rings (SSSR count). The first kappa shape index (κ1) is 25.7. The van der Waals surface area contributed by atoms with Crippen molar-refractivity contribution in [3.05, 3.63) is 145 Å². The smallest absolute Gasteiger partial charge is 0.145 e. The highest BCUT2D eigenvalue weighted by Gasteiger charge is 2.37. The first-order valence-electron chi connectivity index (χ1n) is 16.3. The maximum Gasteiger partial charge on any atom is 0.145 e. The lowest BCUT2D eigenvalue weighted by Crippen LogP contribution is -2.15. The minimum atomic E-state index is -0.148. The Labute approximate surface area is 275 Å². The van der Waals surface area contributed by atoms with Crippen molar-refractivity contribution in [2.24, 2.45) is 0 Å². The summed E-state index contributed by atoms with van der Waals surface area (Å²) in [6.45, 7) is 4.79. The molecule has 0 atom stereocenters. The van der Waals surface area contributed by atoms with Crippen LogP contribution in [0, 0.1) is 0 Å². The maximum atomic E-state index is 4.98. The van der Waals surface area contributed by atoms with Crippen LogP contribution in [0.4, 0.5) is 0 Å². The second-order valence-corrected chi connectivity index (χ2v) is 14.6. The normalized spacial score (nSPS) is 13.9. The Balaban J connectivity index is 1.24. The fourth-order valence-corrected chi connectivity index (χ4v) is 9.67. The highest BCUT2D eigenvalue weighted by molar-refractivity contribution is 7.25. The van der Waals surface area contributed by atoms with E-state index in [2.05, 4.69) is 146 Å². The van der Waals surface area contributed by atoms with Crippen LogP contribution in [0.5, 0.6) is 0 Å². The minimum absolute atomic E-state index is 0.148. The molecule has 0 radical (unpaired) electrons. The van der Waals surface area contributed by atoms with Gasteiger partial charge in [0.05, 0.1) is 5.52 Å².